The number of nitrogens with zero attached hydrogens (tertiary/aromatic N) is 1. The van der Waals surface area contributed by atoms with E-state index in [1.54, 1.807) is 19.1 Å². The molecule has 0 spiro atoms. The van der Waals surface area contributed by atoms with Crippen LogP contribution in [0.25, 0.3) is 11.0 Å². The van der Waals surface area contributed by atoms with Crippen molar-refractivity contribution in [3.05, 3.63) is 56.4 Å². The van der Waals surface area contributed by atoms with E-state index in [1.165, 1.54) is 21.3 Å². The first-order chi connectivity index (χ1) is 15.3. The third-order valence-electron chi connectivity index (χ3n) is 5.98. The fourth-order valence-electron chi connectivity index (χ4n) is 4.06. The summed E-state index contributed by atoms with van der Waals surface area (Å²) in [6.07, 6.45) is 0. The third kappa shape index (κ3) is 3.32. The highest BCUT2D eigenvalue weighted by Gasteiger charge is 2.27. The quantitative estimate of drug-likeness (QED) is 0.447. The van der Waals surface area contributed by atoms with Crippen LogP contribution in [0.3, 0.4) is 0 Å². The van der Waals surface area contributed by atoms with Gasteiger partial charge in [0.15, 0.2) is 18.2 Å². The van der Waals surface area contributed by atoms with E-state index in [4.69, 9.17) is 23.4 Å². The minimum absolute atomic E-state index is 0.188. The summed E-state index contributed by atoms with van der Waals surface area (Å²) < 4.78 is 27.4. The van der Waals surface area contributed by atoms with Gasteiger partial charge in [0.1, 0.15) is 11.3 Å². The van der Waals surface area contributed by atoms with E-state index in [-0.39, 0.29) is 12.4 Å². The zero-order valence-electron chi connectivity index (χ0n) is 19.0. The summed E-state index contributed by atoms with van der Waals surface area (Å²) in [7, 11) is 4.38. The minimum Gasteiger partial charge on any atom is -0.493 e. The van der Waals surface area contributed by atoms with Crippen molar-refractivity contribution in [2.75, 3.05) is 33.0 Å². The van der Waals surface area contributed by atoms with Crippen molar-refractivity contribution in [1.29, 1.82) is 0 Å². The fraction of sp³-hybridized carbons (Fsp3) is 0.333. The van der Waals surface area contributed by atoms with Crippen LogP contribution >= 0.6 is 0 Å². The molecule has 2 aromatic carbocycles. The zero-order valence-corrected chi connectivity index (χ0v) is 19.0. The van der Waals surface area contributed by atoms with Gasteiger partial charge in [0.05, 0.1) is 32.6 Å². The molecule has 1 aromatic heterocycles. The van der Waals surface area contributed by atoms with Gasteiger partial charge in [0, 0.05) is 40.8 Å². The number of aryl methyl sites for hydroxylation is 2. The lowest BCUT2D eigenvalue weighted by Gasteiger charge is -2.33. The van der Waals surface area contributed by atoms with Gasteiger partial charge in [-0.25, -0.2) is 9.59 Å². The van der Waals surface area contributed by atoms with Crippen LogP contribution in [0.2, 0.25) is 0 Å². The van der Waals surface area contributed by atoms with Crippen LogP contribution < -0.4 is 24.7 Å². The highest BCUT2D eigenvalue weighted by Crippen LogP contribution is 2.40. The van der Waals surface area contributed by atoms with Crippen LogP contribution in [0.4, 0.5) is 5.69 Å². The van der Waals surface area contributed by atoms with E-state index in [0.717, 1.165) is 22.1 Å². The summed E-state index contributed by atoms with van der Waals surface area (Å²) in [6.45, 7) is 6.21. The molecule has 1 aliphatic rings. The molecule has 1 aliphatic heterocycles. The number of ether oxygens (including phenoxy) is 4. The van der Waals surface area contributed by atoms with E-state index >= 15 is 0 Å². The van der Waals surface area contributed by atoms with Gasteiger partial charge in [0.2, 0.25) is 0 Å². The number of benzene rings is 2. The van der Waals surface area contributed by atoms with Crippen molar-refractivity contribution in [2.45, 2.75) is 27.3 Å². The Balaban J connectivity index is 1.85. The molecule has 0 saturated heterocycles. The molecule has 0 unspecified atom stereocenters. The maximum atomic E-state index is 12.5. The van der Waals surface area contributed by atoms with Crippen LogP contribution in [-0.4, -0.2) is 34.0 Å². The first kappa shape index (κ1) is 21.5. The minimum atomic E-state index is -0.491. The summed E-state index contributed by atoms with van der Waals surface area (Å²) >= 11 is 0. The summed E-state index contributed by atoms with van der Waals surface area (Å²) in [5, 5.41) is 0.865. The van der Waals surface area contributed by atoms with E-state index in [2.05, 4.69) is 0 Å². The number of fused-ring (bicyclic) bond motifs is 2. The van der Waals surface area contributed by atoms with E-state index in [1.807, 2.05) is 24.8 Å². The van der Waals surface area contributed by atoms with Crippen molar-refractivity contribution in [3.8, 4) is 17.2 Å². The van der Waals surface area contributed by atoms with Gasteiger partial charge in [-0.05, 0) is 32.4 Å². The molecule has 168 valence electrons. The van der Waals surface area contributed by atoms with E-state index in [9.17, 15) is 9.59 Å². The van der Waals surface area contributed by atoms with Crippen LogP contribution in [0.1, 0.15) is 32.6 Å². The number of hydrogen-bond acceptors (Lipinski definition) is 8. The highest BCUT2D eigenvalue weighted by molar-refractivity contribution is 5.97. The molecule has 8 heteroatoms. The van der Waals surface area contributed by atoms with Gasteiger partial charge in [-0.3, -0.25) is 0 Å². The smallest absolute Gasteiger partial charge is 0.340 e. The zero-order chi connectivity index (χ0) is 23.2. The number of hydrogen-bond donors (Lipinski definition) is 0. The van der Waals surface area contributed by atoms with Crippen LogP contribution in [0.5, 0.6) is 17.2 Å². The predicted molar refractivity (Wildman–Crippen MR) is 119 cm³/mol. The molecule has 8 nitrogen and oxygen atoms in total. The molecule has 0 fully saturated rings. The predicted octanol–water partition coefficient (Wildman–Crippen LogP) is 3.88. The first-order valence-corrected chi connectivity index (χ1v) is 10.1. The summed E-state index contributed by atoms with van der Waals surface area (Å²) in [6, 6.07) is 5.32. The Hall–Kier alpha value is -3.68. The van der Waals surface area contributed by atoms with Crippen molar-refractivity contribution in [2.24, 2.45) is 0 Å². The average Bonchev–Trinajstić information content (AvgIpc) is 2.81. The summed E-state index contributed by atoms with van der Waals surface area (Å²) in [5.74, 6) is 1.11. The lowest BCUT2D eigenvalue weighted by atomic mass is 9.99. The van der Waals surface area contributed by atoms with Crippen molar-refractivity contribution in [1.82, 2.24) is 0 Å². The standard InChI is InChI=1S/C24H25NO7/c1-12-13(2)23(26)32-22-14(3)21-15(7-16(12)22)10-25(11-31-21)18-9-20(29-5)19(28-4)8-17(18)24(27)30-6/h7-9H,10-11H2,1-6H3. The Bertz CT molecular complexity index is 1290. The Morgan fingerprint density at radius 3 is 2.31 bits per heavy atom. The number of esters is 1. The number of carbonyl (C=O) groups excluding carboxylic acids is 1. The number of methoxy groups -OCH3 is 3. The van der Waals surface area contributed by atoms with Crippen molar-refractivity contribution in [3.63, 3.8) is 0 Å². The molecule has 3 aromatic rings. The second kappa shape index (κ2) is 8.11. The second-order valence-corrected chi connectivity index (χ2v) is 7.69. The maximum Gasteiger partial charge on any atom is 0.340 e. The lowest BCUT2D eigenvalue weighted by molar-refractivity contribution is 0.0600. The molecule has 0 amide bonds. The molecule has 0 aliphatic carbocycles. The van der Waals surface area contributed by atoms with E-state index in [0.29, 0.717) is 46.2 Å². The first-order valence-electron chi connectivity index (χ1n) is 10.1. The topological polar surface area (TPSA) is 87.4 Å². The van der Waals surface area contributed by atoms with Gasteiger partial charge in [-0.15, -0.1) is 0 Å². The van der Waals surface area contributed by atoms with Crippen LogP contribution in [0.15, 0.2) is 27.4 Å². The van der Waals surface area contributed by atoms with E-state index < -0.39 is 5.97 Å². The number of anilines is 1. The second-order valence-electron chi connectivity index (χ2n) is 7.69. The Morgan fingerprint density at radius 2 is 1.66 bits per heavy atom. The highest BCUT2D eigenvalue weighted by atomic mass is 16.5. The summed E-state index contributed by atoms with van der Waals surface area (Å²) in [4.78, 5) is 26.6. The number of carbonyl (C=O) groups is 1. The molecule has 0 saturated carbocycles. The Morgan fingerprint density at radius 1 is 0.969 bits per heavy atom. The third-order valence-corrected chi connectivity index (χ3v) is 5.98. The maximum absolute atomic E-state index is 12.5. The molecule has 0 N–H and O–H groups in total. The summed E-state index contributed by atoms with van der Waals surface area (Å²) in [5.41, 5.74) is 4.29. The lowest BCUT2D eigenvalue weighted by Crippen LogP contribution is -2.33. The molecule has 0 radical (unpaired) electrons. The molecular formula is C24H25NO7. The van der Waals surface area contributed by atoms with Crippen LogP contribution in [0, 0.1) is 20.8 Å². The molecule has 0 bridgehead atoms. The fourth-order valence-corrected chi connectivity index (χ4v) is 4.06. The average molecular weight is 439 g/mol. The normalized spacial score (nSPS) is 12.9. The molecular weight excluding hydrogens is 414 g/mol. The molecule has 32 heavy (non-hydrogen) atoms. The number of rotatable bonds is 4. The largest absolute Gasteiger partial charge is 0.493 e. The van der Waals surface area contributed by atoms with Crippen molar-refractivity contribution >= 4 is 22.6 Å². The van der Waals surface area contributed by atoms with Crippen molar-refractivity contribution < 1.29 is 28.2 Å². The van der Waals surface area contributed by atoms with Gasteiger partial charge in [0.25, 0.3) is 0 Å². The molecule has 2 heterocycles. The molecule has 4 rings (SSSR count). The Kier molecular flexibility index (Phi) is 5.46. The SMILES string of the molecule is COC(=O)c1cc(OC)c(OC)cc1N1COc2c(cc3c(C)c(C)c(=O)oc3c2C)C1. The Labute approximate surface area is 185 Å². The van der Waals surface area contributed by atoms with Gasteiger partial charge < -0.3 is 28.3 Å². The van der Waals surface area contributed by atoms with Gasteiger partial charge in [-0.1, -0.05) is 0 Å². The van der Waals surface area contributed by atoms with Crippen LogP contribution in [-0.2, 0) is 11.3 Å². The van der Waals surface area contributed by atoms with Gasteiger partial charge in [-0.2, -0.15) is 0 Å². The monoisotopic (exact) mass is 439 g/mol. The molecule has 0 atom stereocenters. The van der Waals surface area contributed by atoms with Gasteiger partial charge >= 0.3 is 11.6 Å².